The van der Waals surface area contributed by atoms with Crippen molar-refractivity contribution in [1.82, 2.24) is 24.6 Å². The lowest BCUT2D eigenvalue weighted by Crippen LogP contribution is -2.45. The van der Waals surface area contributed by atoms with E-state index >= 15 is 0 Å². The Morgan fingerprint density at radius 1 is 1.19 bits per heavy atom. The number of urea groups is 1. The van der Waals surface area contributed by atoms with Crippen molar-refractivity contribution in [2.45, 2.75) is 19.4 Å². The van der Waals surface area contributed by atoms with Gasteiger partial charge in [0.05, 0.1) is 6.54 Å². The molecule has 1 N–H and O–H groups in total. The van der Waals surface area contributed by atoms with Crippen LogP contribution in [0.2, 0.25) is 0 Å². The summed E-state index contributed by atoms with van der Waals surface area (Å²) in [6.07, 6.45) is 2.91. The highest BCUT2D eigenvalue weighted by Crippen LogP contribution is 2.19. The minimum absolute atomic E-state index is 0.00909. The molecule has 1 aliphatic heterocycles. The molecular weight excluding hydrogens is 332 g/mol. The molecule has 8 heteroatoms. The largest absolute Gasteiger partial charge is 0.331 e. The van der Waals surface area contributed by atoms with Crippen LogP contribution in [-0.2, 0) is 11.3 Å². The van der Waals surface area contributed by atoms with Crippen molar-refractivity contribution >= 4 is 17.9 Å². The number of anilines is 1. The van der Waals surface area contributed by atoms with Gasteiger partial charge < -0.3 is 9.80 Å². The van der Waals surface area contributed by atoms with Crippen LogP contribution in [0.1, 0.15) is 18.4 Å². The Morgan fingerprint density at radius 3 is 2.54 bits per heavy atom. The molecule has 1 fully saturated rings. The highest BCUT2D eigenvalue weighted by Gasteiger charge is 2.28. The number of carbonyl (C=O) groups is 2. The molecule has 3 rings (SSSR count). The monoisotopic (exact) mass is 356 g/mol. The van der Waals surface area contributed by atoms with E-state index in [1.54, 1.807) is 34.9 Å². The lowest BCUT2D eigenvalue weighted by molar-refractivity contribution is -0.121. The lowest BCUT2D eigenvalue weighted by atomic mass is 9.96. The molecule has 2 aromatic rings. The van der Waals surface area contributed by atoms with E-state index in [2.05, 4.69) is 15.4 Å². The first kappa shape index (κ1) is 17.9. The van der Waals surface area contributed by atoms with Gasteiger partial charge in [0.1, 0.15) is 6.33 Å². The quantitative estimate of drug-likeness (QED) is 0.903. The molecule has 0 bridgehead atoms. The van der Waals surface area contributed by atoms with E-state index in [0.717, 1.165) is 5.56 Å². The Kier molecular flexibility index (Phi) is 5.50. The van der Waals surface area contributed by atoms with E-state index in [1.807, 2.05) is 30.3 Å². The molecule has 3 amide bonds. The van der Waals surface area contributed by atoms with Crippen molar-refractivity contribution in [3.63, 3.8) is 0 Å². The van der Waals surface area contributed by atoms with Gasteiger partial charge in [-0.3, -0.25) is 10.1 Å². The third kappa shape index (κ3) is 4.38. The van der Waals surface area contributed by atoms with Crippen LogP contribution in [0.15, 0.2) is 36.7 Å². The summed E-state index contributed by atoms with van der Waals surface area (Å²) in [6, 6.07) is 9.94. The molecule has 0 radical (unpaired) electrons. The van der Waals surface area contributed by atoms with Crippen molar-refractivity contribution in [1.29, 1.82) is 0 Å². The van der Waals surface area contributed by atoms with Crippen LogP contribution in [0.3, 0.4) is 0 Å². The molecule has 0 aliphatic carbocycles. The second-order valence-corrected chi connectivity index (χ2v) is 6.68. The van der Waals surface area contributed by atoms with Crippen LogP contribution in [0, 0.1) is 5.92 Å². The van der Waals surface area contributed by atoms with Gasteiger partial charge in [-0.25, -0.2) is 14.5 Å². The molecule has 138 valence electrons. The van der Waals surface area contributed by atoms with Crippen LogP contribution >= 0.6 is 0 Å². The summed E-state index contributed by atoms with van der Waals surface area (Å²) in [4.78, 5) is 31.9. The number of nitrogens with one attached hydrogen (secondary N) is 1. The van der Waals surface area contributed by atoms with E-state index in [0.29, 0.717) is 38.4 Å². The second kappa shape index (κ2) is 7.99. The second-order valence-electron chi connectivity index (χ2n) is 6.68. The van der Waals surface area contributed by atoms with Crippen LogP contribution < -0.4 is 5.32 Å². The van der Waals surface area contributed by atoms with E-state index < -0.39 is 0 Å². The smallest absolute Gasteiger partial charge is 0.319 e. The van der Waals surface area contributed by atoms with Crippen molar-refractivity contribution < 1.29 is 9.59 Å². The Morgan fingerprint density at radius 2 is 1.88 bits per heavy atom. The highest BCUT2D eigenvalue weighted by molar-refractivity contribution is 5.91. The standard InChI is InChI=1S/C18H24N6O2/c1-22(2)18(26)23-10-8-15(9-11-23)16(25)20-17-19-13-24(21-17)12-14-6-4-3-5-7-14/h3-7,13,15H,8-12H2,1-2H3,(H,20,21,25). The van der Waals surface area contributed by atoms with Gasteiger partial charge in [-0.1, -0.05) is 30.3 Å². The third-order valence-corrected chi connectivity index (χ3v) is 4.48. The lowest BCUT2D eigenvalue weighted by Gasteiger charge is -2.32. The Hall–Kier alpha value is -2.90. The number of amides is 3. The van der Waals surface area contributed by atoms with Gasteiger partial charge in [-0.15, -0.1) is 5.10 Å². The molecule has 1 saturated heterocycles. The maximum absolute atomic E-state index is 12.4. The van der Waals surface area contributed by atoms with Gasteiger partial charge >= 0.3 is 6.03 Å². The molecule has 0 saturated carbocycles. The summed E-state index contributed by atoms with van der Waals surface area (Å²) in [5.41, 5.74) is 1.12. The first-order valence-electron chi connectivity index (χ1n) is 8.73. The van der Waals surface area contributed by atoms with Crippen LogP contribution in [-0.4, -0.2) is 63.7 Å². The van der Waals surface area contributed by atoms with Crippen LogP contribution in [0.25, 0.3) is 0 Å². The summed E-state index contributed by atoms with van der Waals surface area (Å²) in [5.74, 6) is 0.111. The zero-order valence-corrected chi connectivity index (χ0v) is 15.1. The van der Waals surface area contributed by atoms with Crippen molar-refractivity contribution in [2.75, 3.05) is 32.5 Å². The summed E-state index contributed by atoms with van der Waals surface area (Å²) in [6.45, 7) is 1.78. The number of hydrogen-bond acceptors (Lipinski definition) is 4. The van der Waals surface area contributed by atoms with E-state index in [9.17, 15) is 9.59 Å². The average Bonchev–Trinajstić information content (AvgIpc) is 3.08. The molecule has 0 atom stereocenters. The molecule has 26 heavy (non-hydrogen) atoms. The van der Waals surface area contributed by atoms with Crippen LogP contribution in [0.5, 0.6) is 0 Å². The maximum atomic E-state index is 12.4. The predicted molar refractivity (Wildman–Crippen MR) is 97.6 cm³/mol. The SMILES string of the molecule is CN(C)C(=O)N1CCC(C(=O)Nc2ncn(Cc3ccccc3)n2)CC1. The molecule has 0 unspecified atom stereocenters. The zero-order chi connectivity index (χ0) is 18.5. The van der Waals surface area contributed by atoms with Gasteiger partial charge in [-0.2, -0.15) is 0 Å². The fraction of sp³-hybridized carbons (Fsp3) is 0.444. The summed E-state index contributed by atoms with van der Waals surface area (Å²) in [7, 11) is 3.47. The minimum atomic E-state index is -0.123. The summed E-state index contributed by atoms with van der Waals surface area (Å²) in [5, 5.41) is 7.10. The minimum Gasteiger partial charge on any atom is -0.331 e. The molecule has 1 aromatic carbocycles. The fourth-order valence-corrected chi connectivity index (χ4v) is 3.03. The number of hydrogen-bond donors (Lipinski definition) is 1. The van der Waals surface area contributed by atoms with E-state index in [1.165, 1.54) is 0 Å². The number of piperidine rings is 1. The Bertz CT molecular complexity index is 750. The average molecular weight is 356 g/mol. The van der Waals surface area contributed by atoms with Gasteiger partial charge in [0, 0.05) is 33.1 Å². The Labute approximate surface area is 152 Å². The zero-order valence-electron chi connectivity index (χ0n) is 15.1. The van der Waals surface area contributed by atoms with E-state index in [-0.39, 0.29) is 17.9 Å². The van der Waals surface area contributed by atoms with Gasteiger partial charge in [0.2, 0.25) is 11.9 Å². The molecule has 8 nitrogen and oxygen atoms in total. The van der Waals surface area contributed by atoms with Gasteiger partial charge in [0.15, 0.2) is 0 Å². The molecule has 1 aromatic heterocycles. The topological polar surface area (TPSA) is 83.4 Å². The Balaban J connectivity index is 1.51. The van der Waals surface area contributed by atoms with Crippen molar-refractivity contribution in [3.8, 4) is 0 Å². The first-order valence-corrected chi connectivity index (χ1v) is 8.73. The predicted octanol–water partition coefficient (Wildman–Crippen LogP) is 1.66. The molecule has 0 spiro atoms. The number of rotatable bonds is 4. The van der Waals surface area contributed by atoms with Crippen LogP contribution in [0.4, 0.5) is 10.7 Å². The van der Waals surface area contributed by atoms with E-state index in [4.69, 9.17) is 0 Å². The molecule has 2 heterocycles. The van der Waals surface area contributed by atoms with Gasteiger partial charge in [-0.05, 0) is 18.4 Å². The number of benzene rings is 1. The molecule has 1 aliphatic rings. The summed E-state index contributed by atoms with van der Waals surface area (Å²) >= 11 is 0. The number of aromatic nitrogens is 3. The number of carbonyl (C=O) groups excluding carboxylic acids is 2. The molecular formula is C18H24N6O2. The van der Waals surface area contributed by atoms with Gasteiger partial charge in [0.25, 0.3) is 0 Å². The normalized spacial score (nSPS) is 14.9. The number of likely N-dealkylation sites (tertiary alicyclic amines) is 1. The fourth-order valence-electron chi connectivity index (χ4n) is 3.03. The van der Waals surface area contributed by atoms with Crippen molar-refractivity contribution in [2.24, 2.45) is 5.92 Å². The maximum Gasteiger partial charge on any atom is 0.319 e. The van der Waals surface area contributed by atoms with Crippen molar-refractivity contribution in [3.05, 3.63) is 42.2 Å². The highest BCUT2D eigenvalue weighted by atomic mass is 16.2. The first-order chi connectivity index (χ1) is 12.5. The number of nitrogens with zero attached hydrogens (tertiary/aromatic N) is 5. The summed E-state index contributed by atoms with van der Waals surface area (Å²) < 4.78 is 1.70. The third-order valence-electron chi connectivity index (χ3n) is 4.48.